The van der Waals surface area contributed by atoms with E-state index in [1.54, 1.807) is 32.9 Å². The van der Waals surface area contributed by atoms with Crippen LogP contribution in [-0.2, 0) is 4.74 Å². The van der Waals surface area contributed by atoms with E-state index in [4.69, 9.17) is 21.1 Å². The van der Waals surface area contributed by atoms with E-state index in [2.05, 4.69) is 5.32 Å². The summed E-state index contributed by atoms with van der Waals surface area (Å²) in [5.74, 6) is -1.52. The number of rotatable bonds is 6. The zero-order valence-corrected chi connectivity index (χ0v) is 16.5. The average Bonchev–Trinajstić information content (AvgIpc) is 2.59. The van der Waals surface area contributed by atoms with E-state index < -0.39 is 23.5 Å². The van der Waals surface area contributed by atoms with E-state index in [0.717, 1.165) is 0 Å². The number of halogens is 2. The van der Waals surface area contributed by atoms with Crippen molar-refractivity contribution in [3.05, 3.63) is 52.8 Å². The zero-order chi connectivity index (χ0) is 20.9. The van der Waals surface area contributed by atoms with Crippen LogP contribution in [0.4, 0.5) is 9.18 Å². The van der Waals surface area contributed by atoms with Crippen molar-refractivity contribution < 1.29 is 28.6 Å². The molecule has 2 N–H and O–H groups in total. The van der Waals surface area contributed by atoms with Crippen LogP contribution in [0.25, 0.3) is 11.1 Å². The van der Waals surface area contributed by atoms with Crippen molar-refractivity contribution in [1.29, 1.82) is 0 Å². The minimum Gasteiger partial charge on any atom is -0.492 e. The highest BCUT2D eigenvalue weighted by Gasteiger charge is 2.16. The molecule has 0 saturated carbocycles. The molecule has 0 bridgehead atoms. The molecule has 0 unspecified atom stereocenters. The topological polar surface area (TPSA) is 84.9 Å². The molecule has 0 aliphatic carbocycles. The molecule has 6 nitrogen and oxygen atoms in total. The lowest BCUT2D eigenvalue weighted by molar-refractivity contribution is 0.0520. The number of carboxylic acids is 1. The summed E-state index contributed by atoms with van der Waals surface area (Å²) in [5, 5.41) is 11.7. The SMILES string of the molecule is CC(C)(C)OC(=O)NCCOc1cc(C(=O)O)cc(-c2cccc(F)c2Cl)c1. The molecule has 2 rings (SSSR count). The molecule has 2 aromatic carbocycles. The van der Waals surface area contributed by atoms with Crippen LogP contribution in [-0.4, -0.2) is 35.9 Å². The first-order chi connectivity index (χ1) is 13.1. The van der Waals surface area contributed by atoms with Gasteiger partial charge in [0.15, 0.2) is 0 Å². The molecular formula is C20H21ClFNO5. The molecular weight excluding hydrogens is 389 g/mol. The summed E-state index contributed by atoms with van der Waals surface area (Å²) in [4.78, 5) is 23.0. The third-order valence-electron chi connectivity index (χ3n) is 3.46. The summed E-state index contributed by atoms with van der Waals surface area (Å²) >= 11 is 6.00. The Morgan fingerprint density at radius 2 is 1.93 bits per heavy atom. The zero-order valence-electron chi connectivity index (χ0n) is 15.7. The van der Waals surface area contributed by atoms with Crippen LogP contribution >= 0.6 is 11.6 Å². The van der Waals surface area contributed by atoms with Gasteiger partial charge in [-0.2, -0.15) is 0 Å². The van der Waals surface area contributed by atoms with Crippen LogP contribution in [0.15, 0.2) is 36.4 Å². The second kappa shape index (κ2) is 8.93. The van der Waals surface area contributed by atoms with E-state index in [9.17, 15) is 19.1 Å². The van der Waals surface area contributed by atoms with Gasteiger partial charge in [0, 0.05) is 5.56 Å². The smallest absolute Gasteiger partial charge is 0.407 e. The van der Waals surface area contributed by atoms with Crippen molar-refractivity contribution >= 4 is 23.7 Å². The number of ether oxygens (including phenoxy) is 2. The molecule has 0 radical (unpaired) electrons. The molecule has 150 valence electrons. The lowest BCUT2D eigenvalue weighted by Crippen LogP contribution is -2.34. The number of carboxylic acid groups (broad SMARTS) is 1. The molecule has 8 heteroatoms. The quantitative estimate of drug-likeness (QED) is 0.672. The molecule has 28 heavy (non-hydrogen) atoms. The number of hydrogen-bond acceptors (Lipinski definition) is 4. The first-order valence-corrected chi connectivity index (χ1v) is 8.87. The summed E-state index contributed by atoms with van der Waals surface area (Å²) in [7, 11) is 0. The van der Waals surface area contributed by atoms with Gasteiger partial charge in [0.05, 0.1) is 17.1 Å². The van der Waals surface area contributed by atoms with E-state index in [-0.39, 0.29) is 29.5 Å². The van der Waals surface area contributed by atoms with E-state index in [1.807, 2.05) is 0 Å². The van der Waals surface area contributed by atoms with Crippen LogP contribution in [0.3, 0.4) is 0 Å². The number of carbonyl (C=O) groups is 2. The number of hydrogen-bond donors (Lipinski definition) is 2. The third-order valence-corrected chi connectivity index (χ3v) is 3.84. The van der Waals surface area contributed by atoms with Crippen molar-refractivity contribution in [1.82, 2.24) is 5.32 Å². The van der Waals surface area contributed by atoms with Gasteiger partial charge in [0.25, 0.3) is 0 Å². The Hall–Kier alpha value is -2.80. The van der Waals surface area contributed by atoms with Crippen LogP contribution < -0.4 is 10.1 Å². The largest absolute Gasteiger partial charge is 0.492 e. The minimum atomic E-state index is -1.16. The molecule has 0 aliphatic rings. The van der Waals surface area contributed by atoms with Crippen molar-refractivity contribution in [2.24, 2.45) is 0 Å². The highest BCUT2D eigenvalue weighted by molar-refractivity contribution is 6.33. The molecule has 0 aliphatic heterocycles. The van der Waals surface area contributed by atoms with Gasteiger partial charge >= 0.3 is 12.1 Å². The fourth-order valence-electron chi connectivity index (χ4n) is 2.32. The summed E-state index contributed by atoms with van der Waals surface area (Å²) < 4.78 is 24.4. The fraction of sp³-hybridized carbons (Fsp3) is 0.300. The molecule has 0 fully saturated rings. The predicted molar refractivity (Wildman–Crippen MR) is 104 cm³/mol. The average molecular weight is 410 g/mol. The van der Waals surface area contributed by atoms with Gasteiger partial charge in [0.1, 0.15) is 23.8 Å². The summed E-state index contributed by atoms with van der Waals surface area (Å²) in [5.41, 5.74) is 0.105. The Bertz CT molecular complexity index is 879. The number of nitrogens with one attached hydrogen (secondary N) is 1. The molecule has 2 aromatic rings. The lowest BCUT2D eigenvalue weighted by atomic mass is 10.0. The maximum Gasteiger partial charge on any atom is 0.407 e. The molecule has 0 saturated heterocycles. The molecule has 0 aromatic heterocycles. The minimum absolute atomic E-state index is 0.0343. The normalized spacial score (nSPS) is 11.0. The van der Waals surface area contributed by atoms with E-state index in [0.29, 0.717) is 11.1 Å². The van der Waals surface area contributed by atoms with Gasteiger partial charge in [-0.05, 0) is 50.6 Å². The van der Waals surface area contributed by atoms with Crippen LogP contribution in [0.5, 0.6) is 5.75 Å². The van der Waals surface area contributed by atoms with Gasteiger partial charge < -0.3 is 19.9 Å². The number of alkyl carbamates (subject to hydrolysis) is 1. The molecule has 1 amide bonds. The Morgan fingerprint density at radius 3 is 2.57 bits per heavy atom. The fourth-order valence-corrected chi connectivity index (χ4v) is 2.56. The van der Waals surface area contributed by atoms with Crippen molar-refractivity contribution in [3.8, 4) is 16.9 Å². The first-order valence-electron chi connectivity index (χ1n) is 8.49. The number of aromatic carboxylic acids is 1. The standard InChI is InChI=1S/C20H21ClFNO5/c1-20(2,3)28-19(26)23-7-8-27-14-10-12(9-13(11-14)18(24)25)15-5-4-6-16(22)17(15)21/h4-6,9-11H,7-8H2,1-3H3,(H,23,26)(H,24,25). The predicted octanol–water partition coefficient (Wildman–Crippen LogP) is 4.75. The molecule has 0 heterocycles. The van der Waals surface area contributed by atoms with Gasteiger partial charge in [-0.3, -0.25) is 0 Å². The van der Waals surface area contributed by atoms with Crippen molar-refractivity contribution in [2.45, 2.75) is 26.4 Å². The number of amides is 1. The Balaban J connectivity index is 2.12. The summed E-state index contributed by atoms with van der Waals surface area (Å²) in [6, 6.07) is 8.56. The maximum absolute atomic E-state index is 13.7. The van der Waals surface area contributed by atoms with Crippen LogP contribution in [0, 0.1) is 5.82 Å². The Kier molecular flexibility index (Phi) is 6.85. The molecule has 0 atom stereocenters. The molecule has 0 spiro atoms. The number of carbonyl (C=O) groups excluding carboxylic acids is 1. The summed E-state index contributed by atoms with van der Waals surface area (Å²) in [6.07, 6.45) is -0.581. The monoisotopic (exact) mass is 409 g/mol. The van der Waals surface area contributed by atoms with E-state index in [1.165, 1.54) is 24.3 Å². The lowest BCUT2D eigenvalue weighted by Gasteiger charge is -2.19. The second-order valence-electron chi connectivity index (χ2n) is 6.93. The number of benzene rings is 2. The van der Waals surface area contributed by atoms with Gasteiger partial charge in [-0.25, -0.2) is 14.0 Å². The van der Waals surface area contributed by atoms with Crippen LogP contribution in [0.1, 0.15) is 31.1 Å². The Labute approximate surface area is 167 Å². The van der Waals surface area contributed by atoms with Crippen LogP contribution in [0.2, 0.25) is 5.02 Å². The van der Waals surface area contributed by atoms with Gasteiger partial charge in [-0.15, -0.1) is 0 Å². The highest BCUT2D eigenvalue weighted by Crippen LogP contribution is 2.33. The Morgan fingerprint density at radius 1 is 1.21 bits per heavy atom. The second-order valence-corrected chi connectivity index (χ2v) is 7.31. The summed E-state index contributed by atoms with van der Waals surface area (Å²) in [6.45, 7) is 5.49. The van der Waals surface area contributed by atoms with E-state index >= 15 is 0 Å². The van der Waals surface area contributed by atoms with Gasteiger partial charge in [0.2, 0.25) is 0 Å². The first kappa shape index (κ1) is 21.5. The third kappa shape index (κ3) is 6.13. The maximum atomic E-state index is 13.7. The highest BCUT2D eigenvalue weighted by atomic mass is 35.5. The van der Waals surface area contributed by atoms with Gasteiger partial charge in [-0.1, -0.05) is 23.7 Å². The van der Waals surface area contributed by atoms with Crippen molar-refractivity contribution in [3.63, 3.8) is 0 Å². The van der Waals surface area contributed by atoms with Crippen molar-refractivity contribution in [2.75, 3.05) is 13.2 Å².